The zero-order valence-electron chi connectivity index (χ0n) is 12.5. The second-order valence-corrected chi connectivity index (χ2v) is 6.43. The van der Waals surface area contributed by atoms with Gasteiger partial charge in [0.1, 0.15) is 5.60 Å². The average molecular weight is 294 g/mol. The number of ether oxygens (including phenoxy) is 1. The molecular formula is C15H22N2O4. The highest BCUT2D eigenvalue weighted by atomic mass is 16.6. The SMILES string of the molecule is CN1CCN(C(=O)[C@H]2CC(=O)OC23CCCCC3)CC1=O. The second kappa shape index (κ2) is 5.31. The summed E-state index contributed by atoms with van der Waals surface area (Å²) >= 11 is 0. The average Bonchev–Trinajstić information content (AvgIpc) is 2.78. The lowest BCUT2D eigenvalue weighted by Crippen LogP contribution is -2.55. The molecule has 0 aromatic rings. The maximum Gasteiger partial charge on any atom is 0.307 e. The first kappa shape index (κ1) is 14.4. The molecule has 2 amide bonds. The molecule has 6 nitrogen and oxygen atoms in total. The Morgan fingerprint density at radius 3 is 2.57 bits per heavy atom. The van der Waals surface area contributed by atoms with Crippen molar-refractivity contribution in [2.45, 2.75) is 44.1 Å². The number of likely N-dealkylation sites (N-methyl/N-ethyl adjacent to an activating group) is 1. The monoisotopic (exact) mass is 294 g/mol. The molecule has 0 aromatic heterocycles. The molecule has 0 unspecified atom stereocenters. The van der Waals surface area contributed by atoms with Crippen LogP contribution in [0.5, 0.6) is 0 Å². The molecule has 3 fully saturated rings. The highest BCUT2D eigenvalue weighted by Crippen LogP contribution is 2.44. The van der Waals surface area contributed by atoms with Crippen LogP contribution in [0, 0.1) is 5.92 Å². The number of nitrogens with zero attached hydrogens (tertiary/aromatic N) is 2. The normalized spacial score (nSPS) is 28.9. The lowest BCUT2D eigenvalue weighted by molar-refractivity contribution is -0.158. The first-order chi connectivity index (χ1) is 10.0. The van der Waals surface area contributed by atoms with Crippen molar-refractivity contribution < 1.29 is 19.1 Å². The summed E-state index contributed by atoms with van der Waals surface area (Å²) < 4.78 is 5.58. The zero-order valence-corrected chi connectivity index (χ0v) is 12.5. The topological polar surface area (TPSA) is 66.9 Å². The summed E-state index contributed by atoms with van der Waals surface area (Å²) in [5, 5.41) is 0. The molecule has 0 radical (unpaired) electrons. The number of amides is 2. The third kappa shape index (κ3) is 2.51. The summed E-state index contributed by atoms with van der Waals surface area (Å²) in [5.41, 5.74) is -0.598. The van der Waals surface area contributed by atoms with E-state index in [1.807, 2.05) is 0 Å². The van der Waals surface area contributed by atoms with Crippen LogP contribution in [0.4, 0.5) is 0 Å². The molecule has 1 atom stereocenters. The minimum atomic E-state index is -0.598. The minimum absolute atomic E-state index is 0.0439. The van der Waals surface area contributed by atoms with Crippen molar-refractivity contribution in [3.05, 3.63) is 0 Å². The predicted octanol–water partition coefficient (Wildman–Crippen LogP) is 0.553. The van der Waals surface area contributed by atoms with Crippen molar-refractivity contribution in [1.82, 2.24) is 9.80 Å². The fraction of sp³-hybridized carbons (Fsp3) is 0.800. The molecular weight excluding hydrogens is 272 g/mol. The van der Waals surface area contributed by atoms with Gasteiger partial charge in [-0.3, -0.25) is 14.4 Å². The number of hydrogen-bond donors (Lipinski definition) is 0. The van der Waals surface area contributed by atoms with E-state index in [2.05, 4.69) is 0 Å². The summed E-state index contributed by atoms with van der Waals surface area (Å²) in [6, 6.07) is 0. The van der Waals surface area contributed by atoms with E-state index in [-0.39, 0.29) is 30.7 Å². The van der Waals surface area contributed by atoms with Gasteiger partial charge < -0.3 is 14.5 Å². The molecule has 21 heavy (non-hydrogen) atoms. The quantitative estimate of drug-likeness (QED) is 0.663. The van der Waals surface area contributed by atoms with Gasteiger partial charge in [0.05, 0.1) is 18.9 Å². The summed E-state index contributed by atoms with van der Waals surface area (Å²) in [6.07, 6.45) is 4.84. The van der Waals surface area contributed by atoms with Crippen LogP contribution in [0.1, 0.15) is 38.5 Å². The fourth-order valence-corrected chi connectivity index (χ4v) is 3.77. The predicted molar refractivity (Wildman–Crippen MR) is 74.2 cm³/mol. The van der Waals surface area contributed by atoms with Gasteiger partial charge in [-0.2, -0.15) is 0 Å². The molecule has 3 aliphatic rings. The fourth-order valence-electron chi connectivity index (χ4n) is 3.77. The molecule has 2 heterocycles. The molecule has 0 bridgehead atoms. The van der Waals surface area contributed by atoms with Gasteiger partial charge in [0.2, 0.25) is 11.8 Å². The molecule has 1 saturated carbocycles. The van der Waals surface area contributed by atoms with Gasteiger partial charge >= 0.3 is 5.97 Å². The van der Waals surface area contributed by atoms with E-state index in [0.29, 0.717) is 13.1 Å². The molecule has 2 saturated heterocycles. The van der Waals surface area contributed by atoms with Crippen molar-refractivity contribution in [1.29, 1.82) is 0 Å². The summed E-state index contributed by atoms with van der Waals surface area (Å²) in [7, 11) is 1.75. The molecule has 3 rings (SSSR count). The summed E-state index contributed by atoms with van der Waals surface area (Å²) in [6.45, 7) is 1.22. The number of piperazine rings is 1. The molecule has 1 aliphatic carbocycles. The Kier molecular flexibility index (Phi) is 3.63. The van der Waals surface area contributed by atoms with Gasteiger partial charge in [-0.15, -0.1) is 0 Å². The molecule has 0 aromatic carbocycles. The number of hydrogen-bond acceptors (Lipinski definition) is 4. The van der Waals surface area contributed by atoms with E-state index in [4.69, 9.17) is 4.74 Å². The van der Waals surface area contributed by atoms with Crippen LogP contribution in [0.3, 0.4) is 0 Å². The summed E-state index contributed by atoms with van der Waals surface area (Å²) in [5.74, 6) is -0.793. The van der Waals surface area contributed by atoms with Gasteiger partial charge in [-0.1, -0.05) is 6.42 Å². The zero-order chi connectivity index (χ0) is 15.0. The lowest BCUT2D eigenvalue weighted by Gasteiger charge is -2.39. The van der Waals surface area contributed by atoms with Gasteiger partial charge in [-0.05, 0) is 25.7 Å². The van der Waals surface area contributed by atoms with Crippen LogP contribution in [0.15, 0.2) is 0 Å². The Morgan fingerprint density at radius 1 is 1.19 bits per heavy atom. The van der Waals surface area contributed by atoms with Gasteiger partial charge in [0, 0.05) is 20.1 Å². The maximum atomic E-state index is 12.8. The number of carbonyl (C=O) groups excluding carboxylic acids is 3. The standard InChI is InChI=1S/C15H22N2O4/c1-16-7-8-17(10-12(16)18)14(20)11-9-13(19)21-15(11)5-3-2-4-6-15/h11H,2-10H2,1H3/t11-/m1/s1. The first-order valence-corrected chi connectivity index (χ1v) is 7.76. The molecule has 0 N–H and O–H groups in total. The third-order valence-electron chi connectivity index (χ3n) is 5.09. The highest BCUT2D eigenvalue weighted by molar-refractivity contribution is 5.91. The number of carbonyl (C=O) groups is 3. The highest BCUT2D eigenvalue weighted by Gasteiger charge is 2.54. The lowest BCUT2D eigenvalue weighted by atomic mass is 9.75. The van der Waals surface area contributed by atoms with E-state index < -0.39 is 11.5 Å². The molecule has 2 aliphatic heterocycles. The van der Waals surface area contributed by atoms with Crippen LogP contribution in [0.2, 0.25) is 0 Å². The van der Waals surface area contributed by atoms with Gasteiger partial charge in [0.25, 0.3) is 0 Å². The van der Waals surface area contributed by atoms with Gasteiger partial charge in [-0.25, -0.2) is 0 Å². The Bertz CT molecular complexity index is 470. The van der Waals surface area contributed by atoms with Crippen molar-refractivity contribution in [3.8, 4) is 0 Å². The van der Waals surface area contributed by atoms with Crippen LogP contribution in [-0.4, -0.2) is 59.9 Å². The number of rotatable bonds is 1. The van der Waals surface area contributed by atoms with E-state index in [1.165, 1.54) is 0 Å². The van der Waals surface area contributed by atoms with Crippen LogP contribution >= 0.6 is 0 Å². The summed E-state index contributed by atoms with van der Waals surface area (Å²) in [4.78, 5) is 39.6. The van der Waals surface area contributed by atoms with Crippen molar-refractivity contribution in [2.24, 2.45) is 5.92 Å². The Morgan fingerprint density at radius 2 is 1.90 bits per heavy atom. The smallest absolute Gasteiger partial charge is 0.307 e. The second-order valence-electron chi connectivity index (χ2n) is 6.43. The van der Waals surface area contributed by atoms with E-state index in [1.54, 1.807) is 16.8 Å². The van der Waals surface area contributed by atoms with E-state index >= 15 is 0 Å². The van der Waals surface area contributed by atoms with Crippen LogP contribution < -0.4 is 0 Å². The van der Waals surface area contributed by atoms with Crippen molar-refractivity contribution >= 4 is 17.8 Å². The van der Waals surface area contributed by atoms with Crippen molar-refractivity contribution in [2.75, 3.05) is 26.7 Å². The third-order valence-corrected chi connectivity index (χ3v) is 5.09. The molecule has 6 heteroatoms. The van der Waals surface area contributed by atoms with Crippen molar-refractivity contribution in [3.63, 3.8) is 0 Å². The van der Waals surface area contributed by atoms with Gasteiger partial charge in [0.15, 0.2) is 0 Å². The molecule has 1 spiro atoms. The van der Waals surface area contributed by atoms with E-state index in [9.17, 15) is 14.4 Å². The maximum absolute atomic E-state index is 12.8. The Labute approximate surface area is 124 Å². The van der Waals surface area contributed by atoms with E-state index in [0.717, 1.165) is 32.1 Å². The number of esters is 1. The Balaban J connectivity index is 1.76. The minimum Gasteiger partial charge on any atom is -0.458 e. The van der Waals surface area contributed by atoms with Crippen LogP contribution in [-0.2, 0) is 19.1 Å². The first-order valence-electron chi connectivity index (χ1n) is 7.76. The Hall–Kier alpha value is -1.59. The molecule has 116 valence electrons. The largest absolute Gasteiger partial charge is 0.458 e. The van der Waals surface area contributed by atoms with Crippen LogP contribution in [0.25, 0.3) is 0 Å².